The molecule has 1 heterocycles. The molecule has 0 saturated heterocycles. The zero-order valence-electron chi connectivity index (χ0n) is 16.5. The van der Waals surface area contributed by atoms with Crippen LogP contribution in [0, 0.1) is 5.92 Å². The lowest BCUT2D eigenvalue weighted by atomic mass is 10.0. The van der Waals surface area contributed by atoms with E-state index in [1.165, 1.54) is 6.07 Å². The van der Waals surface area contributed by atoms with Gasteiger partial charge in [0.2, 0.25) is 0 Å². The molecule has 0 aliphatic carbocycles. The second-order valence-electron chi connectivity index (χ2n) is 7.23. The molecule has 28 heavy (non-hydrogen) atoms. The molecular formula is C21H27NO6. The number of aliphatic carboxylic acids is 1. The van der Waals surface area contributed by atoms with Gasteiger partial charge in [0.05, 0.1) is 0 Å². The van der Waals surface area contributed by atoms with Crippen molar-refractivity contribution in [2.24, 2.45) is 5.92 Å². The molecule has 2 N–H and O–H groups in total. The number of carbonyl (C=O) groups excluding carboxylic acids is 1. The summed E-state index contributed by atoms with van der Waals surface area (Å²) >= 11 is 0. The molecule has 0 radical (unpaired) electrons. The SMILES string of the molecule is CCCCc1cc(=O)oc2cc(OCC(=O)N[C@H](CC(C)C)C(=O)O)ccc12. The van der Waals surface area contributed by atoms with E-state index >= 15 is 0 Å². The molecule has 152 valence electrons. The van der Waals surface area contributed by atoms with Crippen LogP contribution in [-0.2, 0) is 16.0 Å². The van der Waals surface area contributed by atoms with E-state index in [9.17, 15) is 19.5 Å². The zero-order chi connectivity index (χ0) is 20.7. The van der Waals surface area contributed by atoms with Crippen molar-refractivity contribution in [2.75, 3.05) is 6.61 Å². The molecule has 1 aromatic carbocycles. The Labute approximate surface area is 163 Å². The molecule has 0 aliphatic rings. The highest BCUT2D eigenvalue weighted by Crippen LogP contribution is 2.23. The van der Waals surface area contributed by atoms with E-state index in [0.717, 1.165) is 30.2 Å². The summed E-state index contributed by atoms with van der Waals surface area (Å²) in [6.45, 7) is 5.53. The largest absolute Gasteiger partial charge is 0.484 e. The highest BCUT2D eigenvalue weighted by molar-refractivity contribution is 5.85. The molecule has 1 atom stereocenters. The summed E-state index contributed by atoms with van der Waals surface area (Å²) in [5.74, 6) is -1.10. The van der Waals surface area contributed by atoms with E-state index in [0.29, 0.717) is 17.8 Å². The van der Waals surface area contributed by atoms with Gasteiger partial charge in [-0.15, -0.1) is 0 Å². The van der Waals surface area contributed by atoms with Crippen LogP contribution in [0.15, 0.2) is 33.5 Å². The van der Waals surface area contributed by atoms with Crippen LogP contribution >= 0.6 is 0 Å². The summed E-state index contributed by atoms with van der Waals surface area (Å²) in [7, 11) is 0. The minimum absolute atomic E-state index is 0.132. The van der Waals surface area contributed by atoms with Crippen molar-refractivity contribution < 1.29 is 23.8 Å². The smallest absolute Gasteiger partial charge is 0.336 e. The Morgan fingerprint density at radius 1 is 1.25 bits per heavy atom. The standard InChI is InChI=1S/C21H27NO6/c1-4-5-6-14-10-20(24)28-18-11-15(7-8-16(14)18)27-12-19(23)22-17(21(25)26)9-13(2)3/h7-8,10-11,13,17H,4-6,9,12H2,1-3H3,(H,22,23)(H,25,26)/t17-/m1/s1. The summed E-state index contributed by atoms with van der Waals surface area (Å²) in [5, 5.41) is 12.5. The molecule has 0 bridgehead atoms. The molecule has 2 aromatic rings. The van der Waals surface area contributed by atoms with E-state index < -0.39 is 23.5 Å². The van der Waals surface area contributed by atoms with Crippen LogP contribution in [0.1, 0.15) is 45.6 Å². The van der Waals surface area contributed by atoms with Gasteiger partial charge in [-0.3, -0.25) is 4.79 Å². The third-order valence-corrected chi connectivity index (χ3v) is 4.31. The van der Waals surface area contributed by atoms with Gasteiger partial charge in [0, 0.05) is 17.5 Å². The average molecular weight is 389 g/mol. The maximum absolute atomic E-state index is 12.0. The third kappa shape index (κ3) is 6.11. The van der Waals surface area contributed by atoms with Gasteiger partial charge in [0.1, 0.15) is 17.4 Å². The predicted octanol–water partition coefficient (Wildman–Crippen LogP) is 3.13. The number of carboxylic acids is 1. The number of aryl methyl sites for hydroxylation is 1. The molecule has 0 unspecified atom stereocenters. The fourth-order valence-corrected chi connectivity index (χ4v) is 2.95. The number of benzene rings is 1. The number of nitrogens with one attached hydrogen (secondary N) is 1. The highest BCUT2D eigenvalue weighted by Gasteiger charge is 2.21. The van der Waals surface area contributed by atoms with Crippen molar-refractivity contribution in [1.82, 2.24) is 5.32 Å². The highest BCUT2D eigenvalue weighted by atomic mass is 16.5. The van der Waals surface area contributed by atoms with Crippen LogP contribution in [0.5, 0.6) is 5.75 Å². The lowest BCUT2D eigenvalue weighted by molar-refractivity contribution is -0.142. The van der Waals surface area contributed by atoms with Crippen LogP contribution in [0.4, 0.5) is 0 Å². The number of ether oxygens (including phenoxy) is 1. The number of rotatable bonds is 10. The van der Waals surface area contributed by atoms with Crippen LogP contribution in [0.3, 0.4) is 0 Å². The maximum Gasteiger partial charge on any atom is 0.336 e. The van der Waals surface area contributed by atoms with Gasteiger partial charge in [-0.05, 0) is 42.9 Å². The first kappa shape index (κ1) is 21.5. The molecular weight excluding hydrogens is 362 g/mol. The Bertz CT molecular complexity index is 886. The molecule has 2 rings (SSSR count). The van der Waals surface area contributed by atoms with Crippen LogP contribution < -0.4 is 15.7 Å². The number of fused-ring (bicyclic) bond motifs is 1. The fraction of sp³-hybridized carbons (Fsp3) is 0.476. The molecule has 0 fully saturated rings. The second-order valence-corrected chi connectivity index (χ2v) is 7.23. The maximum atomic E-state index is 12.0. The quantitative estimate of drug-likeness (QED) is 0.605. The van der Waals surface area contributed by atoms with Crippen molar-refractivity contribution in [1.29, 1.82) is 0 Å². The minimum atomic E-state index is -1.07. The van der Waals surface area contributed by atoms with E-state index in [4.69, 9.17) is 9.15 Å². The Morgan fingerprint density at radius 2 is 2.00 bits per heavy atom. The Hall–Kier alpha value is -2.83. The van der Waals surface area contributed by atoms with Gasteiger partial charge >= 0.3 is 11.6 Å². The molecule has 1 aromatic heterocycles. The van der Waals surface area contributed by atoms with Crippen LogP contribution in [0.2, 0.25) is 0 Å². The number of hydrogen-bond acceptors (Lipinski definition) is 5. The summed E-state index contributed by atoms with van der Waals surface area (Å²) in [5.41, 5.74) is 0.904. The summed E-state index contributed by atoms with van der Waals surface area (Å²) < 4.78 is 10.7. The first-order chi connectivity index (χ1) is 13.3. The van der Waals surface area contributed by atoms with Crippen molar-refractivity contribution in [3.63, 3.8) is 0 Å². The fourth-order valence-electron chi connectivity index (χ4n) is 2.95. The number of carbonyl (C=O) groups is 2. The molecule has 0 saturated carbocycles. The topological polar surface area (TPSA) is 106 Å². The Morgan fingerprint density at radius 3 is 2.64 bits per heavy atom. The average Bonchev–Trinajstić information content (AvgIpc) is 2.63. The zero-order valence-corrected chi connectivity index (χ0v) is 16.5. The third-order valence-electron chi connectivity index (χ3n) is 4.31. The minimum Gasteiger partial charge on any atom is -0.484 e. The molecule has 0 spiro atoms. The number of unbranched alkanes of at least 4 members (excludes halogenated alkanes) is 1. The number of amides is 1. The Kier molecular flexibility index (Phi) is 7.61. The predicted molar refractivity (Wildman–Crippen MR) is 106 cm³/mol. The molecule has 7 nitrogen and oxygen atoms in total. The Balaban J connectivity index is 2.07. The first-order valence-electron chi connectivity index (χ1n) is 9.52. The second kappa shape index (κ2) is 9.92. The summed E-state index contributed by atoms with van der Waals surface area (Å²) in [6.07, 6.45) is 3.11. The van der Waals surface area contributed by atoms with Gasteiger partial charge < -0.3 is 19.6 Å². The van der Waals surface area contributed by atoms with Crippen molar-refractivity contribution in [3.8, 4) is 5.75 Å². The van der Waals surface area contributed by atoms with E-state index in [-0.39, 0.29) is 12.5 Å². The van der Waals surface area contributed by atoms with Gasteiger partial charge in [-0.2, -0.15) is 0 Å². The van der Waals surface area contributed by atoms with Gasteiger partial charge in [0.25, 0.3) is 5.91 Å². The lowest BCUT2D eigenvalue weighted by Gasteiger charge is -2.16. The molecule has 7 heteroatoms. The normalized spacial score (nSPS) is 12.1. The van der Waals surface area contributed by atoms with Gasteiger partial charge in [-0.25, -0.2) is 9.59 Å². The monoisotopic (exact) mass is 389 g/mol. The molecule has 1 amide bonds. The van der Waals surface area contributed by atoms with Crippen LogP contribution in [-0.4, -0.2) is 29.6 Å². The lowest BCUT2D eigenvalue weighted by Crippen LogP contribution is -2.43. The van der Waals surface area contributed by atoms with Crippen molar-refractivity contribution in [3.05, 3.63) is 40.2 Å². The number of hydrogen-bond donors (Lipinski definition) is 2. The summed E-state index contributed by atoms with van der Waals surface area (Å²) in [6, 6.07) is 5.63. The summed E-state index contributed by atoms with van der Waals surface area (Å²) in [4.78, 5) is 35.1. The first-order valence-corrected chi connectivity index (χ1v) is 9.52. The van der Waals surface area contributed by atoms with Gasteiger partial charge in [0.15, 0.2) is 6.61 Å². The van der Waals surface area contributed by atoms with E-state index in [1.54, 1.807) is 18.2 Å². The van der Waals surface area contributed by atoms with Crippen LogP contribution in [0.25, 0.3) is 11.0 Å². The van der Waals surface area contributed by atoms with E-state index in [1.807, 2.05) is 13.8 Å². The van der Waals surface area contributed by atoms with Gasteiger partial charge in [-0.1, -0.05) is 27.2 Å². The van der Waals surface area contributed by atoms with E-state index in [2.05, 4.69) is 12.2 Å². The number of carboxylic acid groups (broad SMARTS) is 1. The van der Waals surface area contributed by atoms with Crippen molar-refractivity contribution in [2.45, 2.75) is 52.5 Å². The van der Waals surface area contributed by atoms with Crippen molar-refractivity contribution >= 4 is 22.8 Å². The molecule has 0 aliphatic heterocycles.